The molecule has 0 aliphatic rings. The molecule has 0 aromatic heterocycles. The van der Waals surface area contributed by atoms with Gasteiger partial charge in [0.05, 0.1) is 43.7 Å². The summed E-state index contributed by atoms with van der Waals surface area (Å²) in [5.41, 5.74) is -0.613. The van der Waals surface area contributed by atoms with Gasteiger partial charge in [-0.3, -0.25) is 45.9 Å². The van der Waals surface area contributed by atoms with Crippen LogP contribution in [0.4, 0.5) is 28.4 Å². The van der Waals surface area contributed by atoms with Crippen LogP contribution in [0, 0.1) is 40.5 Å². The number of hydrogen-bond acceptors (Lipinski definition) is 10. The minimum atomic E-state index is -1.01. The van der Waals surface area contributed by atoms with Gasteiger partial charge in [0.2, 0.25) is 0 Å². The summed E-state index contributed by atoms with van der Waals surface area (Å²) in [6, 6.07) is 6.12. The molecule has 14 nitrogen and oxygen atoms in total. The minimum Gasteiger partial charge on any atom is -0.278 e. The molecule has 0 fully saturated rings. The first-order chi connectivity index (χ1) is 12.7. The predicted octanol–water partition coefficient (Wildman–Crippen LogP) is 2.77. The van der Waals surface area contributed by atoms with Crippen molar-refractivity contribution in [3.63, 3.8) is 0 Å². The summed E-state index contributed by atoms with van der Waals surface area (Å²) in [6.45, 7) is 0. The Balaban J connectivity index is 2.39. The molecular formula is C13H8N6O8. The summed E-state index contributed by atoms with van der Waals surface area (Å²) in [7, 11) is 0. The first-order valence-electron chi connectivity index (χ1n) is 6.85. The van der Waals surface area contributed by atoms with Gasteiger partial charge in [0.25, 0.3) is 22.7 Å². The van der Waals surface area contributed by atoms with E-state index >= 15 is 0 Å². The summed E-state index contributed by atoms with van der Waals surface area (Å²) in [6.07, 6.45) is 0.765. The number of nitro groups is 4. The highest BCUT2D eigenvalue weighted by Gasteiger charge is 2.29. The zero-order valence-corrected chi connectivity index (χ0v) is 13.0. The summed E-state index contributed by atoms with van der Waals surface area (Å²) in [5.74, 6) is 0. The van der Waals surface area contributed by atoms with Crippen molar-refractivity contribution >= 4 is 34.7 Å². The minimum absolute atomic E-state index is 0.175. The summed E-state index contributed by atoms with van der Waals surface area (Å²) in [5, 5.41) is 47.2. The first kappa shape index (κ1) is 18.8. The molecule has 0 atom stereocenters. The van der Waals surface area contributed by atoms with Crippen LogP contribution in [0.1, 0.15) is 5.56 Å². The fraction of sp³-hybridized carbons (Fsp3) is 0. The van der Waals surface area contributed by atoms with Crippen LogP contribution in [0.25, 0.3) is 0 Å². The second-order valence-corrected chi connectivity index (χ2v) is 4.84. The molecule has 138 valence electrons. The smallest absolute Gasteiger partial charge is 0.278 e. The second-order valence-electron chi connectivity index (χ2n) is 4.84. The van der Waals surface area contributed by atoms with Crippen LogP contribution in [0.3, 0.4) is 0 Å². The predicted molar refractivity (Wildman–Crippen MR) is 90.7 cm³/mol. The maximum atomic E-state index is 11.1. The van der Waals surface area contributed by atoms with E-state index < -0.39 is 42.3 Å². The van der Waals surface area contributed by atoms with Gasteiger partial charge in [-0.1, -0.05) is 0 Å². The number of nitrogens with one attached hydrogen (secondary N) is 1. The van der Waals surface area contributed by atoms with E-state index in [1.807, 2.05) is 0 Å². The molecule has 0 heterocycles. The van der Waals surface area contributed by atoms with Gasteiger partial charge < -0.3 is 0 Å². The Morgan fingerprint density at radius 2 is 1.22 bits per heavy atom. The maximum Gasteiger partial charge on any atom is 0.292 e. The number of nitro benzene ring substituents is 4. The lowest BCUT2D eigenvalue weighted by molar-refractivity contribution is -0.403. The average Bonchev–Trinajstić information content (AvgIpc) is 2.61. The number of nitrogens with zero attached hydrogens (tertiary/aromatic N) is 5. The lowest BCUT2D eigenvalue weighted by atomic mass is 10.1. The SMILES string of the molecule is O=[N+]([O-])c1ccc(N/N=C/c2c([N+](=O)[O-])cc([N+](=O)[O-])cc2[N+](=O)[O-])cc1. The first-order valence-corrected chi connectivity index (χ1v) is 6.85. The van der Waals surface area contributed by atoms with E-state index in [4.69, 9.17) is 0 Å². The Bertz CT molecular complexity index is 936. The van der Waals surface area contributed by atoms with E-state index in [0.29, 0.717) is 12.1 Å². The fourth-order valence-corrected chi connectivity index (χ4v) is 1.98. The Morgan fingerprint density at radius 1 is 0.741 bits per heavy atom. The number of hydrogen-bond donors (Lipinski definition) is 1. The molecule has 2 aromatic rings. The summed E-state index contributed by atoms with van der Waals surface area (Å²) in [4.78, 5) is 40.0. The van der Waals surface area contributed by atoms with Crippen molar-refractivity contribution in [2.75, 3.05) is 5.43 Å². The number of rotatable bonds is 7. The molecule has 0 spiro atoms. The fourth-order valence-electron chi connectivity index (χ4n) is 1.98. The van der Waals surface area contributed by atoms with Gasteiger partial charge in [0.15, 0.2) is 5.56 Å². The third kappa shape index (κ3) is 4.32. The van der Waals surface area contributed by atoms with Gasteiger partial charge in [-0.15, -0.1) is 0 Å². The van der Waals surface area contributed by atoms with E-state index in [9.17, 15) is 40.5 Å². The van der Waals surface area contributed by atoms with Crippen molar-refractivity contribution in [2.24, 2.45) is 5.10 Å². The van der Waals surface area contributed by atoms with Gasteiger partial charge in [-0.2, -0.15) is 5.10 Å². The molecule has 0 bridgehead atoms. The van der Waals surface area contributed by atoms with Crippen molar-refractivity contribution in [1.82, 2.24) is 0 Å². The lowest BCUT2D eigenvalue weighted by Crippen LogP contribution is -2.03. The van der Waals surface area contributed by atoms with Gasteiger partial charge in [0, 0.05) is 12.1 Å². The number of hydrazone groups is 1. The van der Waals surface area contributed by atoms with Crippen molar-refractivity contribution < 1.29 is 19.7 Å². The van der Waals surface area contributed by atoms with E-state index in [0.717, 1.165) is 6.21 Å². The van der Waals surface area contributed by atoms with Crippen molar-refractivity contribution in [1.29, 1.82) is 0 Å². The van der Waals surface area contributed by atoms with Gasteiger partial charge >= 0.3 is 0 Å². The van der Waals surface area contributed by atoms with E-state index in [1.54, 1.807) is 0 Å². The topological polar surface area (TPSA) is 197 Å². The zero-order valence-electron chi connectivity index (χ0n) is 13.0. The molecule has 1 N–H and O–H groups in total. The van der Waals surface area contributed by atoms with Gasteiger partial charge in [0.1, 0.15) is 0 Å². The van der Waals surface area contributed by atoms with Crippen LogP contribution in [-0.2, 0) is 0 Å². The molecule has 0 saturated heterocycles. The molecular weight excluding hydrogens is 368 g/mol. The van der Waals surface area contributed by atoms with Crippen LogP contribution in [0.15, 0.2) is 41.5 Å². The molecule has 0 aliphatic carbocycles. The van der Waals surface area contributed by atoms with Crippen molar-refractivity contribution in [3.05, 3.63) is 82.4 Å². The zero-order chi connectivity index (χ0) is 20.1. The largest absolute Gasteiger partial charge is 0.292 e. The second kappa shape index (κ2) is 7.60. The molecule has 27 heavy (non-hydrogen) atoms. The van der Waals surface area contributed by atoms with Crippen LogP contribution in [-0.4, -0.2) is 25.9 Å². The third-order valence-corrected chi connectivity index (χ3v) is 3.19. The summed E-state index contributed by atoms with van der Waals surface area (Å²) < 4.78 is 0. The van der Waals surface area contributed by atoms with Crippen molar-refractivity contribution in [3.8, 4) is 0 Å². The molecule has 0 aliphatic heterocycles. The molecule has 2 rings (SSSR count). The Hall–Kier alpha value is -4.49. The standard InChI is InChI=1S/C13H8N6O8/c20-16(21)9-3-1-8(2-4-9)15-14-7-11-12(18(24)25)5-10(17(22)23)6-13(11)19(26)27/h1-7,15H/b14-7+. The molecule has 14 heteroatoms. The molecule has 0 amide bonds. The highest BCUT2D eigenvalue weighted by atomic mass is 16.6. The molecule has 2 aromatic carbocycles. The van der Waals surface area contributed by atoms with Crippen LogP contribution < -0.4 is 5.43 Å². The molecule has 0 unspecified atom stereocenters. The van der Waals surface area contributed by atoms with Gasteiger partial charge in [-0.05, 0) is 12.1 Å². The third-order valence-electron chi connectivity index (χ3n) is 3.19. The van der Waals surface area contributed by atoms with Crippen molar-refractivity contribution in [2.45, 2.75) is 0 Å². The molecule has 0 saturated carbocycles. The number of anilines is 1. The van der Waals surface area contributed by atoms with E-state index in [2.05, 4.69) is 10.5 Å². The average molecular weight is 376 g/mol. The Labute approximate surface area is 148 Å². The van der Waals surface area contributed by atoms with Gasteiger partial charge in [-0.25, -0.2) is 0 Å². The van der Waals surface area contributed by atoms with E-state index in [-0.39, 0.29) is 11.4 Å². The molecule has 0 radical (unpaired) electrons. The summed E-state index contributed by atoms with van der Waals surface area (Å²) >= 11 is 0. The highest BCUT2D eigenvalue weighted by Crippen LogP contribution is 2.32. The van der Waals surface area contributed by atoms with Crippen LogP contribution >= 0.6 is 0 Å². The van der Waals surface area contributed by atoms with E-state index in [1.165, 1.54) is 24.3 Å². The van der Waals surface area contributed by atoms with Crippen LogP contribution in [0.2, 0.25) is 0 Å². The number of non-ortho nitro benzene ring substituents is 2. The Morgan fingerprint density at radius 3 is 1.63 bits per heavy atom. The highest BCUT2D eigenvalue weighted by molar-refractivity contribution is 5.92. The Kier molecular flexibility index (Phi) is 5.30. The lowest BCUT2D eigenvalue weighted by Gasteiger charge is -2.02. The quantitative estimate of drug-likeness (QED) is 0.428. The van der Waals surface area contributed by atoms with Crippen LogP contribution in [0.5, 0.6) is 0 Å². The normalized spacial score (nSPS) is 10.5. The maximum absolute atomic E-state index is 11.1. The number of benzene rings is 2. The monoisotopic (exact) mass is 376 g/mol.